The van der Waals surface area contributed by atoms with E-state index in [2.05, 4.69) is 5.16 Å². The number of amides is 1. The third kappa shape index (κ3) is 4.04. The van der Waals surface area contributed by atoms with E-state index in [1.165, 1.54) is 0 Å². The van der Waals surface area contributed by atoms with Gasteiger partial charge in [-0.3, -0.25) is 9.59 Å². The molecule has 2 heterocycles. The summed E-state index contributed by atoms with van der Waals surface area (Å²) in [5.41, 5.74) is 2.62. The second-order valence-corrected chi connectivity index (χ2v) is 6.58. The molecule has 7 heteroatoms. The van der Waals surface area contributed by atoms with Gasteiger partial charge < -0.3 is 19.3 Å². The third-order valence-electron chi connectivity index (χ3n) is 4.73. The van der Waals surface area contributed by atoms with Gasteiger partial charge in [0.1, 0.15) is 18.1 Å². The van der Waals surface area contributed by atoms with Crippen LogP contribution in [-0.4, -0.2) is 40.1 Å². The molecule has 1 atom stereocenters. The number of carbonyl (C=O) groups excluding carboxylic acids is 1. The number of carboxylic acids is 1. The number of carboxylic acid groups (broad SMARTS) is 1. The lowest BCUT2D eigenvalue weighted by Gasteiger charge is -2.16. The van der Waals surface area contributed by atoms with Crippen molar-refractivity contribution in [3.63, 3.8) is 0 Å². The van der Waals surface area contributed by atoms with Crippen LogP contribution in [0.25, 0.3) is 0 Å². The van der Waals surface area contributed by atoms with Crippen molar-refractivity contribution in [2.45, 2.75) is 33.3 Å². The van der Waals surface area contributed by atoms with Crippen LogP contribution in [0.15, 0.2) is 28.8 Å². The highest BCUT2D eigenvalue weighted by atomic mass is 16.5. The van der Waals surface area contributed by atoms with Crippen molar-refractivity contribution in [1.29, 1.82) is 0 Å². The summed E-state index contributed by atoms with van der Waals surface area (Å²) in [6, 6.07) is 7.35. The van der Waals surface area contributed by atoms with E-state index in [0.29, 0.717) is 31.9 Å². The van der Waals surface area contributed by atoms with Crippen LogP contribution in [-0.2, 0) is 22.6 Å². The number of aliphatic carboxylic acids is 1. The fourth-order valence-corrected chi connectivity index (χ4v) is 3.04. The summed E-state index contributed by atoms with van der Waals surface area (Å²) in [7, 11) is 0. The number of nitrogens with zero attached hydrogens (tertiary/aromatic N) is 2. The molecule has 1 aliphatic heterocycles. The van der Waals surface area contributed by atoms with Crippen LogP contribution in [0.1, 0.15) is 29.0 Å². The number of ether oxygens (including phenoxy) is 1. The molecular weight excluding hydrogens is 336 g/mol. The minimum absolute atomic E-state index is 0.0434. The van der Waals surface area contributed by atoms with Crippen molar-refractivity contribution in [3.05, 3.63) is 46.8 Å². The lowest BCUT2D eigenvalue weighted by Crippen LogP contribution is -2.31. The molecule has 0 bridgehead atoms. The summed E-state index contributed by atoms with van der Waals surface area (Å²) in [5, 5.41) is 12.9. The number of rotatable bonds is 6. The zero-order valence-corrected chi connectivity index (χ0v) is 14.9. The van der Waals surface area contributed by atoms with Crippen molar-refractivity contribution in [2.75, 3.05) is 13.1 Å². The Morgan fingerprint density at radius 1 is 1.31 bits per heavy atom. The van der Waals surface area contributed by atoms with Gasteiger partial charge in [0, 0.05) is 13.1 Å². The third-order valence-corrected chi connectivity index (χ3v) is 4.73. The van der Waals surface area contributed by atoms with E-state index >= 15 is 0 Å². The fraction of sp³-hybridized carbons (Fsp3) is 0.421. The molecule has 138 valence electrons. The molecule has 1 N–H and O–H groups in total. The van der Waals surface area contributed by atoms with Gasteiger partial charge >= 0.3 is 5.97 Å². The predicted molar refractivity (Wildman–Crippen MR) is 92.8 cm³/mol. The number of aromatic nitrogens is 1. The van der Waals surface area contributed by atoms with Crippen molar-refractivity contribution in [3.8, 4) is 5.75 Å². The minimum Gasteiger partial charge on any atom is -0.489 e. The zero-order chi connectivity index (χ0) is 18.7. The monoisotopic (exact) mass is 358 g/mol. The largest absolute Gasteiger partial charge is 0.489 e. The molecule has 26 heavy (non-hydrogen) atoms. The Bertz CT molecular complexity index is 777. The van der Waals surface area contributed by atoms with E-state index in [4.69, 9.17) is 14.4 Å². The Morgan fingerprint density at radius 3 is 2.62 bits per heavy atom. The van der Waals surface area contributed by atoms with Gasteiger partial charge in [-0.2, -0.15) is 0 Å². The molecule has 0 unspecified atom stereocenters. The first-order valence-corrected chi connectivity index (χ1v) is 8.58. The number of likely N-dealkylation sites (tertiary alicyclic amines) is 1. The predicted octanol–water partition coefficient (Wildman–Crippen LogP) is 2.35. The highest BCUT2D eigenvalue weighted by Gasteiger charge is 2.30. The second-order valence-electron chi connectivity index (χ2n) is 6.58. The Labute approximate surface area is 151 Å². The van der Waals surface area contributed by atoms with Crippen molar-refractivity contribution in [2.24, 2.45) is 5.92 Å². The van der Waals surface area contributed by atoms with E-state index in [0.717, 1.165) is 22.6 Å². The molecule has 1 aromatic carbocycles. The molecule has 7 nitrogen and oxygen atoms in total. The van der Waals surface area contributed by atoms with Gasteiger partial charge in [-0.1, -0.05) is 17.3 Å². The topological polar surface area (TPSA) is 92.9 Å². The molecule has 0 saturated carbocycles. The van der Waals surface area contributed by atoms with Crippen LogP contribution >= 0.6 is 0 Å². The van der Waals surface area contributed by atoms with E-state index in [9.17, 15) is 9.59 Å². The standard InChI is InChI=1S/C19H22N2O5/c1-12-17(13(2)26-20-12)11-25-16-5-3-14(4-6-16)9-18(22)21-8-7-15(10-21)19(23)24/h3-6,15H,7-11H2,1-2H3,(H,23,24)/t15-/m0/s1. The molecule has 0 spiro atoms. The minimum atomic E-state index is -0.833. The van der Waals surface area contributed by atoms with Gasteiger partial charge in [0.15, 0.2) is 0 Å². The van der Waals surface area contributed by atoms with Gasteiger partial charge in [-0.05, 0) is 38.0 Å². The number of hydrogen-bond donors (Lipinski definition) is 1. The number of benzene rings is 1. The van der Waals surface area contributed by atoms with E-state index in [-0.39, 0.29) is 12.3 Å². The first kappa shape index (κ1) is 18.0. The van der Waals surface area contributed by atoms with E-state index in [1.54, 1.807) is 4.90 Å². The summed E-state index contributed by atoms with van der Waals surface area (Å²) in [6.07, 6.45) is 0.784. The zero-order valence-electron chi connectivity index (χ0n) is 14.9. The Morgan fingerprint density at radius 2 is 2.04 bits per heavy atom. The lowest BCUT2D eigenvalue weighted by atomic mass is 10.1. The van der Waals surface area contributed by atoms with Crippen LogP contribution in [0.3, 0.4) is 0 Å². The molecule has 1 aliphatic rings. The fourth-order valence-electron chi connectivity index (χ4n) is 3.04. The molecule has 1 fully saturated rings. The normalized spacial score (nSPS) is 16.7. The average Bonchev–Trinajstić information content (AvgIpc) is 3.22. The summed E-state index contributed by atoms with van der Waals surface area (Å²) in [5.74, 6) is 0.126. The Hall–Kier alpha value is -2.83. The molecule has 1 saturated heterocycles. The maximum atomic E-state index is 12.3. The first-order valence-electron chi connectivity index (χ1n) is 8.58. The average molecular weight is 358 g/mol. The summed E-state index contributed by atoms with van der Waals surface area (Å²) < 4.78 is 10.9. The van der Waals surface area contributed by atoms with Crippen LogP contribution in [0.2, 0.25) is 0 Å². The van der Waals surface area contributed by atoms with Crippen LogP contribution in [0, 0.1) is 19.8 Å². The highest BCUT2D eigenvalue weighted by molar-refractivity contribution is 5.80. The van der Waals surface area contributed by atoms with Crippen molar-refractivity contribution < 1.29 is 24.0 Å². The van der Waals surface area contributed by atoms with E-state index in [1.807, 2.05) is 38.1 Å². The van der Waals surface area contributed by atoms with Crippen LogP contribution in [0.4, 0.5) is 0 Å². The summed E-state index contributed by atoms with van der Waals surface area (Å²) in [6.45, 7) is 4.91. The molecular formula is C19H22N2O5. The lowest BCUT2D eigenvalue weighted by molar-refractivity contribution is -0.141. The Balaban J connectivity index is 1.53. The maximum absolute atomic E-state index is 12.3. The van der Waals surface area contributed by atoms with Crippen molar-refractivity contribution in [1.82, 2.24) is 10.1 Å². The van der Waals surface area contributed by atoms with Gasteiger partial charge in [0.25, 0.3) is 0 Å². The number of hydrogen-bond acceptors (Lipinski definition) is 5. The van der Waals surface area contributed by atoms with Gasteiger partial charge in [0.2, 0.25) is 5.91 Å². The summed E-state index contributed by atoms with van der Waals surface area (Å²) in [4.78, 5) is 24.9. The van der Waals surface area contributed by atoms with Gasteiger partial charge in [0.05, 0.1) is 23.6 Å². The van der Waals surface area contributed by atoms with Crippen LogP contribution < -0.4 is 4.74 Å². The molecule has 2 aromatic rings. The maximum Gasteiger partial charge on any atom is 0.308 e. The van der Waals surface area contributed by atoms with Gasteiger partial charge in [-0.15, -0.1) is 0 Å². The highest BCUT2D eigenvalue weighted by Crippen LogP contribution is 2.20. The molecule has 0 radical (unpaired) electrons. The first-order chi connectivity index (χ1) is 12.4. The van der Waals surface area contributed by atoms with Crippen molar-refractivity contribution >= 4 is 11.9 Å². The summed E-state index contributed by atoms with van der Waals surface area (Å²) >= 11 is 0. The van der Waals surface area contributed by atoms with Gasteiger partial charge in [-0.25, -0.2) is 0 Å². The van der Waals surface area contributed by atoms with Crippen LogP contribution in [0.5, 0.6) is 5.75 Å². The molecule has 1 aromatic heterocycles. The number of carbonyl (C=O) groups is 2. The molecule has 3 rings (SSSR count). The molecule has 1 amide bonds. The second kappa shape index (κ2) is 7.59. The van der Waals surface area contributed by atoms with E-state index < -0.39 is 11.9 Å². The SMILES string of the molecule is Cc1noc(C)c1COc1ccc(CC(=O)N2CC[C@H](C(=O)O)C2)cc1. The smallest absolute Gasteiger partial charge is 0.308 e. The Kier molecular flexibility index (Phi) is 5.25. The quantitative estimate of drug-likeness (QED) is 0.852. The number of aryl methyl sites for hydroxylation is 2. The molecule has 0 aliphatic carbocycles.